The fourth-order valence-corrected chi connectivity index (χ4v) is 6.14. The van der Waals surface area contributed by atoms with Gasteiger partial charge in [0.1, 0.15) is 6.10 Å². The van der Waals surface area contributed by atoms with E-state index in [2.05, 4.69) is 29.8 Å². The number of anilines is 2. The van der Waals surface area contributed by atoms with Gasteiger partial charge in [-0.25, -0.2) is 18.1 Å². The summed E-state index contributed by atoms with van der Waals surface area (Å²) in [7, 11) is -0.00220. The Labute approximate surface area is 229 Å². The summed E-state index contributed by atoms with van der Waals surface area (Å²) >= 11 is 0. The summed E-state index contributed by atoms with van der Waals surface area (Å²) in [4.78, 5) is 26.7. The third-order valence-corrected chi connectivity index (χ3v) is 8.41. The summed E-state index contributed by atoms with van der Waals surface area (Å²) in [6.07, 6.45) is 0.185. The minimum atomic E-state index is -4.04. The van der Waals surface area contributed by atoms with Gasteiger partial charge in [-0.05, 0) is 63.7 Å². The van der Waals surface area contributed by atoms with Crippen LogP contribution in [0.25, 0.3) is 11.3 Å². The van der Waals surface area contributed by atoms with E-state index in [-0.39, 0.29) is 34.7 Å². The normalized spacial score (nSPS) is 20.9. The van der Waals surface area contributed by atoms with E-state index in [0.717, 1.165) is 29.8 Å². The molecule has 39 heavy (non-hydrogen) atoms. The number of amides is 1. The van der Waals surface area contributed by atoms with Gasteiger partial charge in [-0.1, -0.05) is 24.3 Å². The maximum atomic E-state index is 13.3. The van der Waals surface area contributed by atoms with Crippen LogP contribution in [0.2, 0.25) is 0 Å². The summed E-state index contributed by atoms with van der Waals surface area (Å²) in [6.45, 7) is 6.81. The van der Waals surface area contributed by atoms with Gasteiger partial charge in [0.15, 0.2) is 0 Å². The van der Waals surface area contributed by atoms with Crippen LogP contribution in [0.3, 0.4) is 0 Å². The largest absolute Gasteiger partial charge is 0.473 e. The number of carbonyl (C=O) groups is 1. The van der Waals surface area contributed by atoms with Crippen LogP contribution in [0.1, 0.15) is 17.5 Å². The van der Waals surface area contributed by atoms with Gasteiger partial charge in [-0.3, -0.25) is 9.69 Å². The molecule has 10 nitrogen and oxygen atoms in total. The molecule has 3 aromatic rings. The van der Waals surface area contributed by atoms with Crippen molar-refractivity contribution in [3.8, 4) is 17.1 Å². The summed E-state index contributed by atoms with van der Waals surface area (Å²) in [5.41, 5.74) is 3.86. The Kier molecular flexibility index (Phi) is 7.57. The summed E-state index contributed by atoms with van der Waals surface area (Å²) in [5.74, 6) is -0.331. The zero-order valence-electron chi connectivity index (χ0n) is 22.6. The summed E-state index contributed by atoms with van der Waals surface area (Å²) in [6, 6.07) is 13.9. The number of likely N-dealkylation sites (N-methyl/N-ethyl adjacent to an activating group) is 1. The Morgan fingerprint density at radius 3 is 2.54 bits per heavy atom. The molecule has 206 valence electrons. The molecule has 5 rings (SSSR count). The highest BCUT2D eigenvalue weighted by molar-refractivity contribution is 7.92. The molecule has 2 aromatic carbocycles. The number of carbonyl (C=O) groups excluding carboxylic acids is 1. The molecule has 0 saturated carbocycles. The van der Waals surface area contributed by atoms with Crippen molar-refractivity contribution >= 4 is 27.6 Å². The van der Waals surface area contributed by atoms with Crippen LogP contribution in [0.4, 0.5) is 11.6 Å². The number of hydrogen-bond acceptors (Lipinski definition) is 8. The quantitative estimate of drug-likeness (QED) is 0.509. The van der Waals surface area contributed by atoms with Crippen LogP contribution in [0.15, 0.2) is 53.4 Å². The molecule has 2 atom stereocenters. The Balaban J connectivity index is 1.61. The van der Waals surface area contributed by atoms with Crippen molar-refractivity contribution in [3.05, 3.63) is 59.7 Å². The van der Waals surface area contributed by atoms with E-state index in [1.165, 1.54) is 12.1 Å². The number of benzene rings is 2. The maximum Gasteiger partial charge on any atom is 0.264 e. The van der Waals surface area contributed by atoms with Gasteiger partial charge in [-0.15, -0.1) is 0 Å². The van der Waals surface area contributed by atoms with E-state index >= 15 is 0 Å². The molecule has 2 N–H and O–H groups in total. The van der Waals surface area contributed by atoms with E-state index in [1.807, 2.05) is 46.1 Å². The van der Waals surface area contributed by atoms with E-state index < -0.39 is 10.0 Å². The lowest BCUT2D eigenvalue weighted by atomic mass is 9.94. The lowest BCUT2D eigenvalue weighted by molar-refractivity contribution is -0.123. The molecule has 1 saturated heterocycles. The third kappa shape index (κ3) is 6.21. The fraction of sp³-hybridized carbons (Fsp3) is 0.393. The molecule has 2 aliphatic rings. The molecule has 6 bridgehead atoms. The maximum absolute atomic E-state index is 13.3. The first-order valence-electron chi connectivity index (χ1n) is 13.0. The van der Waals surface area contributed by atoms with E-state index in [0.29, 0.717) is 30.9 Å². The second kappa shape index (κ2) is 10.9. The first-order chi connectivity index (χ1) is 18.6. The average Bonchev–Trinajstić information content (AvgIpc) is 2.86. The summed E-state index contributed by atoms with van der Waals surface area (Å²) in [5, 5.41) is 2.91. The smallest absolute Gasteiger partial charge is 0.264 e. The molecule has 1 aromatic heterocycles. The van der Waals surface area contributed by atoms with Gasteiger partial charge in [0.05, 0.1) is 16.5 Å². The predicted octanol–water partition coefficient (Wildman–Crippen LogP) is 3.14. The Hall–Kier alpha value is -3.54. The molecule has 0 radical (unpaired) electrons. The number of ether oxygens (including phenoxy) is 1. The first kappa shape index (κ1) is 27.0. The number of aryl methyl sites for hydroxylation is 2. The second-order valence-electron chi connectivity index (χ2n) is 10.5. The monoisotopic (exact) mass is 550 g/mol. The van der Waals surface area contributed by atoms with Crippen molar-refractivity contribution in [2.75, 3.05) is 50.3 Å². The number of aromatic nitrogens is 2. The molecular weight excluding hydrogens is 516 g/mol. The Bertz CT molecular complexity index is 1470. The first-order valence-corrected chi connectivity index (χ1v) is 14.5. The number of nitrogens with zero attached hydrogens (tertiary/aromatic N) is 4. The van der Waals surface area contributed by atoms with Gasteiger partial charge in [-0.2, -0.15) is 4.98 Å². The topological polar surface area (TPSA) is 117 Å². The zero-order chi connectivity index (χ0) is 27.7. The predicted molar refractivity (Wildman–Crippen MR) is 150 cm³/mol. The van der Waals surface area contributed by atoms with Gasteiger partial charge in [0, 0.05) is 43.5 Å². The number of rotatable bonds is 4. The van der Waals surface area contributed by atoms with E-state index in [1.54, 1.807) is 18.2 Å². The molecule has 1 fully saturated rings. The fourth-order valence-electron chi connectivity index (χ4n) is 5.15. The summed E-state index contributed by atoms with van der Waals surface area (Å²) < 4.78 is 35.5. The lowest BCUT2D eigenvalue weighted by Gasteiger charge is -2.37. The van der Waals surface area contributed by atoms with Crippen LogP contribution >= 0.6 is 0 Å². The van der Waals surface area contributed by atoms with Gasteiger partial charge < -0.3 is 15.0 Å². The van der Waals surface area contributed by atoms with Crippen molar-refractivity contribution in [2.24, 2.45) is 5.92 Å². The highest BCUT2D eigenvalue weighted by Crippen LogP contribution is 2.31. The van der Waals surface area contributed by atoms with E-state index in [4.69, 9.17) is 4.74 Å². The number of sulfonamides is 1. The third-order valence-electron chi connectivity index (χ3n) is 7.09. The van der Waals surface area contributed by atoms with Gasteiger partial charge >= 0.3 is 0 Å². The number of likely N-dealkylation sites (tertiary alicyclic amines) is 1. The lowest BCUT2D eigenvalue weighted by Crippen LogP contribution is -2.50. The molecule has 1 amide bonds. The SMILES string of the molecule is Cc1cccc(C)c1-c1cc2nc(n1)NS(=O)(=O)c1cccc(c1)NC(=O)[C@@H]1C[C@@H](CN(CCN(C)C)C1)O2. The van der Waals surface area contributed by atoms with Crippen molar-refractivity contribution in [2.45, 2.75) is 31.3 Å². The van der Waals surface area contributed by atoms with E-state index in [9.17, 15) is 13.2 Å². The molecule has 0 unspecified atom stereocenters. The average molecular weight is 551 g/mol. The molecule has 0 aliphatic carbocycles. The highest BCUT2D eigenvalue weighted by Gasteiger charge is 2.34. The Morgan fingerprint density at radius 2 is 1.79 bits per heavy atom. The number of nitrogens with one attached hydrogen (secondary N) is 2. The Morgan fingerprint density at radius 1 is 1.05 bits per heavy atom. The molecule has 11 heteroatoms. The van der Waals surface area contributed by atoms with Crippen LogP contribution < -0.4 is 14.8 Å². The van der Waals surface area contributed by atoms with Crippen molar-refractivity contribution in [1.29, 1.82) is 0 Å². The molecule has 2 aliphatic heterocycles. The zero-order valence-corrected chi connectivity index (χ0v) is 23.5. The minimum absolute atomic E-state index is 0.00460. The van der Waals surface area contributed by atoms with Crippen LogP contribution in [0.5, 0.6) is 5.88 Å². The van der Waals surface area contributed by atoms with Crippen molar-refractivity contribution in [3.63, 3.8) is 0 Å². The van der Waals surface area contributed by atoms with Crippen LogP contribution in [-0.4, -0.2) is 80.5 Å². The minimum Gasteiger partial charge on any atom is -0.473 e. The van der Waals surface area contributed by atoms with Gasteiger partial charge in [0.2, 0.25) is 17.7 Å². The highest BCUT2D eigenvalue weighted by atomic mass is 32.2. The van der Waals surface area contributed by atoms with Crippen molar-refractivity contribution in [1.82, 2.24) is 19.8 Å². The second-order valence-corrected chi connectivity index (χ2v) is 12.2. The van der Waals surface area contributed by atoms with Crippen LogP contribution in [0, 0.1) is 19.8 Å². The van der Waals surface area contributed by atoms with Crippen LogP contribution in [-0.2, 0) is 14.8 Å². The number of piperidine rings is 1. The van der Waals surface area contributed by atoms with Gasteiger partial charge in [0.25, 0.3) is 10.0 Å². The standard InChI is InChI=1S/C28H34N6O4S/c1-18-7-5-8-19(2)26(18)24-15-25-31-28(30-24)32-39(36,37)23-10-6-9-21(14-23)29-27(35)20-13-22(38-25)17-34(16-20)12-11-33(3)4/h5-10,14-15,20,22H,11-13,16-17H2,1-4H3,(H,29,35)(H,30,31,32)/t20-,22+/m1/s1. The molecule has 0 spiro atoms. The number of fused-ring (bicyclic) bond motifs is 6. The van der Waals surface area contributed by atoms with Crippen molar-refractivity contribution < 1.29 is 17.9 Å². The molecular formula is C28H34N6O4S. The molecule has 3 heterocycles. The number of hydrogen-bond donors (Lipinski definition) is 2.